The fourth-order valence-electron chi connectivity index (χ4n) is 8.64. The average molecular weight is 1220 g/mol. The normalized spacial score (nSPS) is 30.0. The molecule has 1 aromatic rings. The van der Waals surface area contributed by atoms with E-state index in [2.05, 4.69) is 5.32 Å². The van der Waals surface area contributed by atoms with Crippen LogP contribution in [0.3, 0.4) is 0 Å². The highest BCUT2D eigenvalue weighted by Gasteiger charge is 2.68. The Hall–Kier alpha value is -5.17. The Morgan fingerprint density at radius 3 is 1.71 bits per heavy atom. The number of aliphatic hydroxyl groups excluding tert-OH is 3. The van der Waals surface area contributed by atoms with Crippen LogP contribution in [-0.4, -0.2) is 204 Å². The molecule has 0 spiro atoms. The fraction of sp³-hybridized carbons (Fsp3) is 0.727. The summed E-state index contributed by atoms with van der Waals surface area (Å²) in [6, 6.07) is 6.26. The van der Waals surface area contributed by atoms with Gasteiger partial charge in [0.25, 0.3) is 5.79 Å². The van der Waals surface area contributed by atoms with Crippen LogP contribution >= 0.6 is 23.5 Å². The second kappa shape index (κ2) is 29.8. The largest absolute Gasteiger partial charge is 0.465 e. The second-order valence-electron chi connectivity index (χ2n) is 22.9. The lowest BCUT2D eigenvalue weighted by Crippen LogP contribution is -2.76. The molecule has 3 saturated heterocycles. The van der Waals surface area contributed by atoms with Crippen molar-refractivity contribution in [2.45, 2.75) is 211 Å². The molecule has 26 nitrogen and oxygen atoms in total. The summed E-state index contributed by atoms with van der Waals surface area (Å²) in [6.45, 7) is 18.6. The maximum Gasteiger partial charge on any atom is 0.368 e. The molecule has 0 bridgehead atoms. The van der Waals surface area contributed by atoms with Crippen molar-refractivity contribution < 1.29 is 120 Å². The number of rotatable bonds is 22. The number of benzene rings is 1. The van der Waals surface area contributed by atoms with Crippen molar-refractivity contribution in [2.24, 2.45) is 16.2 Å². The van der Waals surface area contributed by atoms with Gasteiger partial charge in [-0.3, -0.25) is 38.4 Å². The zero-order valence-corrected chi connectivity index (χ0v) is 51.2. The number of carbonyl (C=O) groups excluding carboxylic acids is 9. The minimum Gasteiger partial charge on any atom is -0.465 e. The lowest BCUT2D eigenvalue weighted by Gasteiger charge is -2.54. The quantitative estimate of drug-likeness (QED) is 0.0957. The molecule has 1 amide bonds. The number of aliphatic hydroxyl groups is 3. The Bertz CT molecular complexity index is 2420. The van der Waals surface area contributed by atoms with Gasteiger partial charge >= 0.3 is 47.8 Å². The van der Waals surface area contributed by atoms with Gasteiger partial charge in [0.15, 0.2) is 24.6 Å². The molecule has 0 radical (unpaired) electrons. The first-order valence-electron chi connectivity index (χ1n) is 26.7. The summed E-state index contributed by atoms with van der Waals surface area (Å²) >= 11 is 1.88. The Kier molecular flexibility index (Phi) is 25.2. The van der Waals surface area contributed by atoms with E-state index in [0.29, 0.717) is 10.6 Å². The van der Waals surface area contributed by atoms with E-state index in [0.717, 1.165) is 65.3 Å². The molecule has 0 aromatic heterocycles. The van der Waals surface area contributed by atoms with Crippen LogP contribution in [0.25, 0.3) is 0 Å². The Morgan fingerprint density at radius 1 is 0.651 bits per heavy atom. The molecule has 0 unspecified atom stereocenters. The Balaban J connectivity index is 2.09. The van der Waals surface area contributed by atoms with Crippen molar-refractivity contribution in [1.82, 2.24) is 5.32 Å². The third kappa shape index (κ3) is 18.9. The molecular weight excluding hydrogens is 1140 g/mol. The summed E-state index contributed by atoms with van der Waals surface area (Å²) in [5.74, 6) is -11.5. The van der Waals surface area contributed by atoms with Gasteiger partial charge in [0.2, 0.25) is 5.91 Å². The van der Waals surface area contributed by atoms with Gasteiger partial charge < -0.3 is 82.2 Å². The monoisotopic (exact) mass is 1220 g/mol. The van der Waals surface area contributed by atoms with Gasteiger partial charge in [-0.05, 0) is 80.2 Å². The van der Waals surface area contributed by atoms with Crippen molar-refractivity contribution in [3.05, 3.63) is 30.3 Å². The smallest absolute Gasteiger partial charge is 0.368 e. The van der Waals surface area contributed by atoms with E-state index in [9.17, 15) is 53.7 Å². The zero-order chi connectivity index (χ0) is 62.7. The highest BCUT2D eigenvalue weighted by molar-refractivity contribution is 8.00. The number of thioether (sulfide) groups is 2. The van der Waals surface area contributed by atoms with Crippen molar-refractivity contribution in [3.63, 3.8) is 0 Å². The van der Waals surface area contributed by atoms with E-state index in [1.807, 2.05) is 0 Å². The lowest BCUT2D eigenvalue weighted by molar-refractivity contribution is -0.379. The average Bonchev–Trinajstić information content (AvgIpc) is 1.41. The van der Waals surface area contributed by atoms with Crippen LogP contribution < -0.4 is 5.32 Å². The van der Waals surface area contributed by atoms with Crippen LogP contribution in [0.1, 0.15) is 104 Å². The van der Waals surface area contributed by atoms with Crippen LogP contribution in [0, 0.1) is 16.2 Å². The predicted molar refractivity (Wildman–Crippen MR) is 290 cm³/mol. The van der Waals surface area contributed by atoms with Gasteiger partial charge in [0, 0.05) is 39.5 Å². The fourth-order valence-corrected chi connectivity index (χ4v) is 10.9. The number of methoxy groups -OCH3 is 1. The minimum absolute atomic E-state index is 0.311. The predicted octanol–water partition coefficient (Wildman–Crippen LogP) is 2.47. The van der Waals surface area contributed by atoms with Crippen LogP contribution in [0.2, 0.25) is 0 Å². The van der Waals surface area contributed by atoms with Crippen molar-refractivity contribution >= 4 is 77.2 Å². The molecule has 3 aliphatic rings. The van der Waals surface area contributed by atoms with Crippen molar-refractivity contribution in [1.29, 1.82) is 0 Å². The minimum atomic E-state index is -3.20. The summed E-state index contributed by atoms with van der Waals surface area (Å²) < 4.78 is 77.8. The van der Waals surface area contributed by atoms with Crippen LogP contribution in [-0.2, 0) is 105 Å². The molecule has 468 valence electrons. The first-order chi connectivity index (χ1) is 38.5. The van der Waals surface area contributed by atoms with Gasteiger partial charge in [0.1, 0.15) is 85.4 Å². The van der Waals surface area contributed by atoms with E-state index in [1.54, 1.807) is 78.8 Å². The molecule has 4 rings (SSSR count). The summed E-state index contributed by atoms with van der Waals surface area (Å²) in [5.41, 5.74) is -4.40. The molecule has 0 saturated carbocycles. The zero-order valence-electron chi connectivity index (χ0n) is 49.6. The van der Waals surface area contributed by atoms with E-state index in [-0.39, 0.29) is 0 Å². The molecule has 4 N–H and O–H groups in total. The third-order valence-electron chi connectivity index (χ3n) is 12.6. The van der Waals surface area contributed by atoms with Crippen molar-refractivity contribution in [2.75, 3.05) is 32.7 Å². The van der Waals surface area contributed by atoms with E-state index < -0.39 is 192 Å². The van der Waals surface area contributed by atoms with Crippen LogP contribution in [0.4, 0.5) is 0 Å². The van der Waals surface area contributed by atoms with Gasteiger partial charge in [-0.25, -0.2) is 4.79 Å². The topological polar surface area (TPSA) is 346 Å². The van der Waals surface area contributed by atoms with Gasteiger partial charge in [-0.2, -0.15) is 0 Å². The number of ether oxygens (including phenoxy) is 13. The highest BCUT2D eigenvalue weighted by atomic mass is 32.2. The van der Waals surface area contributed by atoms with Gasteiger partial charge in [-0.15, -0.1) is 23.5 Å². The number of esters is 8. The second-order valence-corrected chi connectivity index (χ2v) is 25.5. The first kappa shape index (κ1) is 70.3. The lowest BCUT2D eigenvalue weighted by atomic mass is 9.87. The molecule has 3 aliphatic heterocycles. The SMILES string of the molecule is CCS[C@@H]1O[C@H](COC(=O)C(C)(C)C)[C@@H](O[C@@H]2O[C@H](COC(=O)C(C)(C)C)[C@H](O)[C@H](O[C@@]3(C(=O)OC)O[C@@H]([C@H](OC(C)=O)[C@@H](COC(C)=O)OC(C)=O)[C@H](NC(C)=O)[C@@H](OC(C)=O)[C@@H]3Sc3ccccc3)[C@H]2O)[C@H](O)[C@H]1OC(=O)C(C)(C)C. The standard InChI is InChI=1S/C55H81NO25S2/c1-17-82-47-44(79-50(67)54(13,14)15)37(63)39(33(77-47)25-72-49(66)53(10,11)12)78-46-38(64)43(36(62)32(76-46)23-71-48(65)52(7,8)9)81-55(51(68)69-16)45(83-31-21-19-18-20-22-31)42(75-30(6)61)35(56-26(2)57)41(80-55)40(74-29(5)60)34(73-28(4)59)24-70-27(3)58/h18-22,32-47,62-64H,17,23-25H2,1-16H3,(H,56,57)/t32-,33-,34-,35+,36+,37+,38-,39-,40-,41-,42-,43+,44-,45+,46+,47+,55+/m1/s1. The van der Waals surface area contributed by atoms with E-state index in [1.165, 1.54) is 20.8 Å². The highest BCUT2D eigenvalue weighted by Crippen LogP contribution is 2.48. The number of nitrogens with one attached hydrogen (secondary N) is 1. The summed E-state index contributed by atoms with van der Waals surface area (Å²) in [4.78, 5) is 121. The summed E-state index contributed by atoms with van der Waals surface area (Å²) in [5, 5.41) is 38.5. The molecule has 0 aliphatic carbocycles. The number of hydrogen-bond donors (Lipinski definition) is 4. The first-order valence-corrected chi connectivity index (χ1v) is 28.7. The summed E-state index contributed by atoms with van der Waals surface area (Å²) in [7, 11) is 0.893. The Morgan fingerprint density at radius 2 is 1.22 bits per heavy atom. The van der Waals surface area contributed by atoms with Gasteiger partial charge in [0.05, 0.1) is 29.4 Å². The Labute approximate surface area is 490 Å². The molecule has 83 heavy (non-hydrogen) atoms. The maximum absolute atomic E-state index is 15.3. The molecular formula is C55H81NO25S2. The number of carbonyl (C=O) groups is 9. The number of amides is 1. The van der Waals surface area contributed by atoms with Crippen LogP contribution in [0.5, 0.6) is 0 Å². The van der Waals surface area contributed by atoms with Gasteiger partial charge in [-0.1, -0.05) is 25.1 Å². The van der Waals surface area contributed by atoms with E-state index >= 15 is 4.79 Å². The molecule has 28 heteroatoms. The number of hydrogen-bond acceptors (Lipinski definition) is 27. The molecule has 3 fully saturated rings. The molecule has 3 heterocycles. The molecule has 17 atom stereocenters. The third-order valence-corrected chi connectivity index (χ3v) is 15.0. The van der Waals surface area contributed by atoms with E-state index in [4.69, 9.17) is 61.6 Å². The molecule has 1 aromatic carbocycles. The summed E-state index contributed by atoms with van der Waals surface area (Å²) in [6.07, 6.45) is -25.3. The van der Waals surface area contributed by atoms with Crippen LogP contribution in [0.15, 0.2) is 35.2 Å². The maximum atomic E-state index is 15.3. The van der Waals surface area contributed by atoms with Crippen molar-refractivity contribution in [3.8, 4) is 0 Å².